The van der Waals surface area contributed by atoms with Crippen molar-refractivity contribution in [2.45, 2.75) is 4.83 Å². The van der Waals surface area contributed by atoms with Gasteiger partial charge in [0.1, 0.15) is 17.8 Å². The van der Waals surface area contributed by atoms with Gasteiger partial charge in [0, 0.05) is 22.3 Å². The molecule has 1 amide bonds. The molecular weight excluding hydrogens is 398 g/mol. The molecule has 126 valence electrons. The average Bonchev–Trinajstić information content (AvgIpc) is 2.61. The van der Waals surface area contributed by atoms with Gasteiger partial charge in [-0.25, -0.2) is 0 Å². The van der Waals surface area contributed by atoms with Gasteiger partial charge < -0.3 is 19.6 Å². The van der Waals surface area contributed by atoms with E-state index in [1.165, 1.54) is 14.2 Å². The van der Waals surface area contributed by atoms with Crippen molar-refractivity contribution in [1.29, 1.82) is 0 Å². The summed E-state index contributed by atoms with van der Waals surface area (Å²) in [5.41, 5.74) is 1.48. The van der Waals surface area contributed by atoms with Gasteiger partial charge in [0.05, 0.1) is 19.0 Å². The number of alkyl halides is 1. The average molecular weight is 413 g/mol. The molecule has 2 rings (SSSR count). The third-order valence-electron chi connectivity index (χ3n) is 3.28. The predicted octanol–water partition coefficient (Wildman–Crippen LogP) is 4.24. The highest BCUT2D eigenvalue weighted by Gasteiger charge is 2.14. The summed E-state index contributed by atoms with van der Waals surface area (Å²) < 4.78 is 10.3. The van der Waals surface area contributed by atoms with Crippen molar-refractivity contribution in [2.75, 3.05) is 19.5 Å². The number of carbonyl (C=O) groups excluding carboxylic acids is 2. The molecule has 0 fully saturated rings. The summed E-state index contributed by atoms with van der Waals surface area (Å²) in [5, 5.41) is 3.20. The number of rotatable bonds is 6. The van der Waals surface area contributed by atoms with E-state index in [2.05, 4.69) is 21.2 Å². The molecule has 0 saturated heterocycles. The van der Waals surface area contributed by atoms with E-state index in [0.717, 1.165) is 6.29 Å². The SMILES string of the molecule is COc1cc(OC)cc(C(=O)Nc2ccc(Cl)c(C(Br)C=O)c2)c1. The molecule has 5 nitrogen and oxygen atoms in total. The number of hydrogen-bond acceptors (Lipinski definition) is 4. The van der Waals surface area contributed by atoms with Crippen molar-refractivity contribution in [3.63, 3.8) is 0 Å². The zero-order valence-electron chi connectivity index (χ0n) is 13.0. The smallest absolute Gasteiger partial charge is 0.255 e. The number of carbonyl (C=O) groups is 2. The van der Waals surface area contributed by atoms with Gasteiger partial charge in [0.25, 0.3) is 5.91 Å². The van der Waals surface area contributed by atoms with Gasteiger partial charge in [0.2, 0.25) is 0 Å². The molecule has 1 atom stereocenters. The maximum absolute atomic E-state index is 12.4. The molecule has 0 radical (unpaired) electrons. The Labute approximate surface area is 153 Å². The second-order valence-corrected chi connectivity index (χ2v) is 6.22. The van der Waals surface area contributed by atoms with Crippen molar-refractivity contribution in [2.24, 2.45) is 0 Å². The molecule has 0 spiro atoms. The first kappa shape index (κ1) is 18.3. The van der Waals surface area contributed by atoms with Crippen LogP contribution in [0.25, 0.3) is 0 Å². The Hall–Kier alpha value is -2.05. The van der Waals surface area contributed by atoms with Gasteiger partial charge in [0.15, 0.2) is 0 Å². The van der Waals surface area contributed by atoms with E-state index in [-0.39, 0.29) is 5.91 Å². The summed E-state index contributed by atoms with van der Waals surface area (Å²) in [6.07, 6.45) is 0.722. The van der Waals surface area contributed by atoms with E-state index in [4.69, 9.17) is 21.1 Å². The second kappa shape index (κ2) is 8.17. The number of benzene rings is 2. The molecule has 0 heterocycles. The lowest BCUT2D eigenvalue weighted by Crippen LogP contribution is -2.12. The molecule has 0 aliphatic rings. The van der Waals surface area contributed by atoms with Crippen LogP contribution in [0.2, 0.25) is 5.02 Å². The van der Waals surface area contributed by atoms with Crippen LogP contribution in [-0.4, -0.2) is 26.4 Å². The van der Waals surface area contributed by atoms with Gasteiger partial charge in [-0.1, -0.05) is 27.5 Å². The molecule has 1 N–H and O–H groups in total. The lowest BCUT2D eigenvalue weighted by Gasteiger charge is -2.12. The lowest BCUT2D eigenvalue weighted by atomic mass is 10.1. The fourth-order valence-corrected chi connectivity index (χ4v) is 2.79. The fourth-order valence-electron chi connectivity index (χ4n) is 2.05. The van der Waals surface area contributed by atoms with Crippen LogP contribution in [0.3, 0.4) is 0 Å². The third-order valence-corrected chi connectivity index (χ3v) is 4.34. The summed E-state index contributed by atoms with van der Waals surface area (Å²) in [7, 11) is 3.02. The third kappa shape index (κ3) is 4.27. The highest BCUT2D eigenvalue weighted by atomic mass is 79.9. The van der Waals surface area contributed by atoms with Crippen LogP contribution in [0.5, 0.6) is 11.5 Å². The molecule has 1 unspecified atom stereocenters. The van der Waals surface area contributed by atoms with Gasteiger partial charge in [-0.15, -0.1) is 0 Å². The summed E-state index contributed by atoms with van der Waals surface area (Å²) in [6.45, 7) is 0. The standard InChI is InChI=1S/C17H15BrClNO4/c1-23-12-5-10(6-13(8-12)24-2)17(22)20-11-3-4-16(19)14(7-11)15(18)9-21/h3-9,15H,1-2H3,(H,20,22). The number of anilines is 1. The summed E-state index contributed by atoms with van der Waals surface area (Å²) >= 11 is 9.29. The molecule has 24 heavy (non-hydrogen) atoms. The first-order chi connectivity index (χ1) is 11.5. The Balaban J connectivity index is 2.28. The maximum Gasteiger partial charge on any atom is 0.255 e. The van der Waals surface area contributed by atoms with Crippen LogP contribution in [0.15, 0.2) is 36.4 Å². The molecule has 0 aromatic heterocycles. The number of amides is 1. The highest BCUT2D eigenvalue weighted by molar-refractivity contribution is 9.09. The minimum absolute atomic E-state index is 0.335. The molecule has 0 bridgehead atoms. The van der Waals surface area contributed by atoms with E-state index in [1.807, 2.05) is 0 Å². The van der Waals surface area contributed by atoms with Crippen LogP contribution >= 0.6 is 27.5 Å². The van der Waals surface area contributed by atoms with Crippen LogP contribution in [-0.2, 0) is 4.79 Å². The number of methoxy groups -OCH3 is 2. The van der Waals surface area contributed by atoms with Crippen molar-refractivity contribution >= 4 is 45.4 Å². The molecule has 0 saturated carbocycles. The highest BCUT2D eigenvalue weighted by Crippen LogP contribution is 2.30. The van der Waals surface area contributed by atoms with Gasteiger partial charge in [-0.3, -0.25) is 4.79 Å². The monoisotopic (exact) mass is 411 g/mol. The predicted molar refractivity (Wildman–Crippen MR) is 96.7 cm³/mol. The Bertz CT molecular complexity index is 744. The minimum atomic E-state index is -0.543. The zero-order chi connectivity index (χ0) is 17.7. The van der Waals surface area contributed by atoms with E-state index in [1.54, 1.807) is 36.4 Å². The zero-order valence-corrected chi connectivity index (χ0v) is 15.3. The van der Waals surface area contributed by atoms with Crippen LogP contribution < -0.4 is 14.8 Å². The topological polar surface area (TPSA) is 64.6 Å². The van der Waals surface area contributed by atoms with Crippen LogP contribution in [0.1, 0.15) is 20.7 Å². The molecular formula is C17H15BrClNO4. The maximum atomic E-state index is 12.4. The Morgan fingerprint density at radius 3 is 2.33 bits per heavy atom. The summed E-state index contributed by atoms with van der Waals surface area (Å²) in [6, 6.07) is 9.81. The molecule has 7 heteroatoms. The van der Waals surface area contributed by atoms with Crippen molar-refractivity contribution in [3.8, 4) is 11.5 Å². The van der Waals surface area contributed by atoms with E-state index in [9.17, 15) is 9.59 Å². The van der Waals surface area contributed by atoms with Crippen molar-refractivity contribution in [1.82, 2.24) is 0 Å². The van der Waals surface area contributed by atoms with Gasteiger partial charge in [-0.2, -0.15) is 0 Å². The molecule has 2 aromatic rings. The Morgan fingerprint density at radius 2 is 1.79 bits per heavy atom. The minimum Gasteiger partial charge on any atom is -0.497 e. The van der Waals surface area contributed by atoms with Gasteiger partial charge in [-0.05, 0) is 35.9 Å². The first-order valence-electron chi connectivity index (χ1n) is 6.91. The van der Waals surface area contributed by atoms with Crippen molar-refractivity contribution < 1.29 is 19.1 Å². The summed E-state index contributed by atoms with van der Waals surface area (Å²) in [4.78, 5) is 22.8. The Kier molecular flexibility index (Phi) is 6.23. The lowest BCUT2D eigenvalue weighted by molar-refractivity contribution is -0.107. The van der Waals surface area contributed by atoms with E-state index >= 15 is 0 Å². The largest absolute Gasteiger partial charge is 0.497 e. The number of aldehydes is 1. The normalized spacial score (nSPS) is 11.5. The quantitative estimate of drug-likeness (QED) is 0.569. The van der Waals surface area contributed by atoms with Gasteiger partial charge >= 0.3 is 0 Å². The second-order valence-electron chi connectivity index (χ2n) is 4.83. The number of halogens is 2. The molecule has 0 aliphatic heterocycles. The van der Waals surface area contributed by atoms with E-state index < -0.39 is 4.83 Å². The first-order valence-corrected chi connectivity index (χ1v) is 8.21. The van der Waals surface area contributed by atoms with Crippen LogP contribution in [0.4, 0.5) is 5.69 Å². The molecule has 2 aromatic carbocycles. The fraction of sp³-hybridized carbons (Fsp3) is 0.176. The number of nitrogens with one attached hydrogen (secondary N) is 1. The Morgan fingerprint density at radius 1 is 1.17 bits per heavy atom. The number of ether oxygens (including phenoxy) is 2. The van der Waals surface area contributed by atoms with Crippen molar-refractivity contribution in [3.05, 3.63) is 52.5 Å². The number of hydrogen-bond donors (Lipinski definition) is 1. The summed E-state index contributed by atoms with van der Waals surface area (Å²) in [5.74, 6) is 0.688. The van der Waals surface area contributed by atoms with E-state index in [0.29, 0.717) is 33.3 Å². The van der Waals surface area contributed by atoms with Crippen LogP contribution in [0, 0.1) is 0 Å². The molecule has 0 aliphatic carbocycles.